The highest BCUT2D eigenvalue weighted by molar-refractivity contribution is 7.13. The fourth-order valence-electron chi connectivity index (χ4n) is 2.63. The number of oxazole rings is 2. The van der Waals surface area contributed by atoms with Gasteiger partial charge < -0.3 is 19.0 Å². The molecular weight excluding hydrogens is 458 g/mol. The summed E-state index contributed by atoms with van der Waals surface area (Å²) in [6, 6.07) is 5.37. The summed E-state index contributed by atoms with van der Waals surface area (Å²) in [5.41, 5.74) is 1.58. The molecule has 2 N–H and O–H groups in total. The average molecular weight is 467 g/mol. The summed E-state index contributed by atoms with van der Waals surface area (Å²) in [7, 11) is 0. The minimum absolute atomic E-state index is 0.109. The van der Waals surface area contributed by atoms with E-state index in [1.807, 2.05) is 0 Å². The number of hydrogen-bond acceptors (Lipinski definition) is 11. The molecule has 0 aliphatic carbocycles. The van der Waals surface area contributed by atoms with E-state index in [4.69, 9.17) is 19.0 Å². The largest absolute Gasteiger partial charge is 0.476 e. The maximum atomic E-state index is 11.0. The number of thiazole rings is 2. The van der Waals surface area contributed by atoms with Crippen LogP contribution in [0.5, 0.6) is 0 Å². The minimum atomic E-state index is -1.18. The Morgan fingerprint density at radius 2 is 1.16 bits per heavy atom. The van der Waals surface area contributed by atoms with Crippen molar-refractivity contribution in [3.8, 4) is 44.6 Å². The number of carboxylic acid groups (broad SMARTS) is 2. The topological polar surface area (TPSA) is 165 Å². The van der Waals surface area contributed by atoms with Gasteiger partial charge in [0.15, 0.2) is 11.4 Å². The predicted molar refractivity (Wildman–Crippen MR) is 111 cm³/mol. The molecule has 0 fully saturated rings. The molecular formula is C19H9N5O6S2. The van der Waals surface area contributed by atoms with Crippen LogP contribution in [0.25, 0.3) is 44.6 Å². The van der Waals surface area contributed by atoms with Crippen LogP contribution in [0.2, 0.25) is 0 Å². The van der Waals surface area contributed by atoms with E-state index in [1.165, 1.54) is 22.7 Å². The van der Waals surface area contributed by atoms with Gasteiger partial charge in [-0.3, -0.25) is 0 Å². The number of nitrogens with zero attached hydrogens (tertiary/aromatic N) is 5. The normalized spacial score (nSPS) is 11.0. The number of carbonyl (C=O) groups is 2. The van der Waals surface area contributed by atoms with Crippen LogP contribution < -0.4 is 0 Å². The molecule has 0 radical (unpaired) electrons. The van der Waals surface area contributed by atoms with Crippen LogP contribution >= 0.6 is 22.7 Å². The molecule has 5 heterocycles. The molecule has 5 rings (SSSR count). The van der Waals surface area contributed by atoms with Crippen molar-refractivity contribution in [3.63, 3.8) is 0 Å². The van der Waals surface area contributed by atoms with Crippen LogP contribution in [0.15, 0.2) is 50.3 Å². The first-order valence-corrected chi connectivity index (χ1v) is 10.5. The highest BCUT2D eigenvalue weighted by Crippen LogP contribution is 2.31. The molecule has 5 aromatic rings. The van der Waals surface area contributed by atoms with Gasteiger partial charge in [-0.05, 0) is 12.1 Å². The van der Waals surface area contributed by atoms with Gasteiger partial charge in [0.25, 0.3) is 0 Å². The number of aromatic nitrogens is 5. The first-order chi connectivity index (χ1) is 15.5. The number of carboxylic acids is 2. The lowest BCUT2D eigenvalue weighted by molar-refractivity contribution is 0.0679. The molecule has 13 heteroatoms. The van der Waals surface area contributed by atoms with E-state index < -0.39 is 11.9 Å². The van der Waals surface area contributed by atoms with E-state index in [1.54, 1.807) is 29.0 Å². The zero-order valence-corrected chi connectivity index (χ0v) is 17.3. The van der Waals surface area contributed by atoms with Crippen LogP contribution in [0, 0.1) is 0 Å². The first-order valence-electron chi connectivity index (χ1n) is 8.75. The predicted octanol–water partition coefficient (Wildman–Crippen LogP) is 4.04. The SMILES string of the molecule is O=C(O)c1coc(-c2csc(-c3cccc(-c4nc(-c5nc(C(=O)O)co5)cs4)n3)n2)n1. The van der Waals surface area contributed by atoms with Gasteiger partial charge in [0.05, 0.1) is 11.4 Å². The molecule has 0 aliphatic heterocycles. The number of aromatic carboxylic acids is 2. The van der Waals surface area contributed by atoms with Gasteiger partial charge in [-0.2, -0.15) is 0 Å². The van der Waals surface area contributed by atoms with Gasteiger partial charge in [0, 0.05) is 10.8 Å². The average Bonchev–Trinajstić information content (AvgIpc) is 3.59. The molecule has 158 valence electrons. The summed E-state index contributed by atoms with van der Waals surface area (Å²) in [6.07, 6.45) is 2.12. The Kier molecular flexibility index (Phi) is 4.80. The van der Waals surface area contributed by atoms with E-state index in [0.29, 0.717) is 32.8 Å². The lowest BCUT2D eigenvalue weighted by Crippen LogP contribution is -1.95. The standard InChI is InChI=1S/C19H9N5O6S2/c25-18(26)10-4-29-14(21-10)12-6-31-16(23-12)8-2-1-3-9(20-8)17-24-13(7-32-17)15-22-11(5-30-15)19(27)28/h1-7H,(H,25,26)(H,27,28). The summed E-state index contributed by atoms with van der Waals surface area (Å²) in [5.74, 6) is -2.15. The quantitative estimate of drug-likeness (QED) is 0.370. The minimum Gasteiger partial charge on any atom is -0.476 e. The Bertz CT molecular complexity index is 1360. The van der Waals surface area contributed by atoms with Gasteiger partial charge >= 0.3 is 11.9 Å². The monoisotopic (exact) mass is 467 g/mol. The van der Waals surface area contributed by atoms with Crippen molar-refractivity contribution in [2.24, 2.45) is 0 Å². The van der Waals surface area contributed by atoms with Crippen LogP contribution in [0.3, 0.4) is 0 Å². The lowest BCUT2D eigenvalue weighted by atomic mass is 10.3. The van der Waals surface area contributed by atoms with Crippen molar-refractivity contribution in [1.29, 1.82) is 0 Å². The Balaban J connectivity index is 1.42. The van der Waals surface area contributed by atoms with Crippen molar-refractivity contribution in [2.45, 2.75) is 0 Å². The molecule has 32 heavy (non-hydrogen) atoms. The maximum Gasteiger partial charge on any atom is 0.357 e. The second-order valence-electron chi connectivity index (χ2n) is 6.17. The summed E-state index contributed by atoms with van der Waals surface area (Å²) >= 11 is 2.62. The third-order valence-corrected chi connectivity index (χ3v) is 5.81. The third-order valence-electron chi connectivity index (χ3n) is 4.08. The van der Waals surface area contributed by atoms with Crippen LogP contribution in [-0.4, -0.2) is 47.1 Å². The Morgan fingerprint density at radius 1 is 0.688 bits per heavy atom. The fraction of sp³-hybridized carbons (Fsp3) is 0. The van der Waals surface area contributed by atoms with E-state index >= 15 is 0 Å². The summed E-state index contributed by atoms with van der Waals surface area (Å²) in [5, 5.41) is 22.5. The second kappa shape index (κ2) is 7.79. The van der Waals surface area contributed by atoms with Crippen LogP contribution in [-0.2, 0) is 0 Å². The second-order valence-corrected chi connectivity index (χ2v) is 7.89. The van der Waals surface area contributed by atoms with Crippen molar-refractivity contribution >= 4 is 34.6 Å². The smallest absolute Gasteiger partial charge is 0.357 e. The van der Waals surface area contributed by atoms with Gasteiger partial charge in [0.1, 0.15) is 33.9 Å². The zero-order chi connectivity index (χ0) is 22.2. The van der Waals surface area contributed by atoms with Gasteiger partial charge in [0.2, 0.25) is 11.8 Å². The maximum absolute atomic E-state index is 11.0. The third kappa shape index (κ3) is 3.66. The Labute approximate surface area is 185 Å². The van der Waals surface area contributed by atoms with Gasteiger partial charge in [-0.1, -0.05) is 6.07 Å². The lowest BCUT2D eigenvalue weighted by Gasteiger charge is -1.99. The van der Waals surface area contributed by atoms with Crippen LogP contribution in [0.1, 0.15) is 21.0 Å². The van der Waals surface area contributed by atoms with Crippen molar-refractivity contribution in [1.82, 2.24) is 24.9 Å². The number of rotatable bonds is 6. The molecule has 0 saturated heterocycles. The molecule has 0 aromatic carbocycles. The summed E-state index contributed by atoms with van der Waals surface area (Å²) < 4.78 is 10.4. The molecule has 0 bridgehead atoms. The van der Waals surface area contributed by atoms with E-state index in [-0.39, 0.29) is 23.2 Å². The molecule has 0 amide bonds. The number of pyridine rings is 1. The molecule has 0 saturated carbocycles. The Hall–Kier alpha value is -4.23. The van der Waals surface area contributed by atoms with E-state index in [0.717, 1.165) is 12.5 Å². The molecule has 5 aromatic heterocycles. The zero-order valence-electron chi connectivity index (χ0n) is 15.6. The van der Waals surface area contributed by atoms with Crippen molar-refractivity contribution in [3.05, 3.63) is 52.9 Å². The highest BCUT2D eigenvalue weighted by atomic mass is 32.1. The molecule has 0 spiro atoms. The van der Waals surface area contributed by atoms with Crippen LogP contribution in [0.4, 0.5) is 0 Å². The summed E-state index contributed by atoms with van der Waals surface area (Å²) in [4.78, 5) is 43.2. The summed E-state index contributed by atoms with van der Waals surface area (Å²) in [6.45, 7) is 0. The fourth-order valence-corrected chi connectivity index (χ4v) is 4.16. The molecule has 11 nitrogen and oxygen atoms in total. The number of hydrogen-bond donors (Lipinski definition) is 2. The Morgan fingerprint density at radius 3 is 1.56 bits per heavy atom. The van der Waals surface area contributed by atoms with Crippen molar-refractivity contribution < 1.29 is 28.6 Å². The molecule has 0 unspecified atom stereocenters. The van der Waals surface area contributed by atoms with Gasteiger partial charge in [-0.15, -0.1) is 22.7 Å². The van der Waals surface area contributed by atoms with Crippen molar-refractivity contribution in [2.75, 3.05) is 0 Å². The first kappa shape index (κ1) is 19.7. The van der Waals surface area contributed by atoms with E-state index in [9.17, 15) is 9.59 Å². The highest BCUT2D eigenvalue weighted by Gasteiger charge is 2.18. The van der Waals surface area contributed by atoms with E-state index in [2.05, 4.69) is 24.9 Å². The molecule has 0 atom stereocenters. The molecule has 0 aliphatic rings. The van der Waals surface area contributed by atoms with Gasteiger partial charge in [-0.25, -0.2) is 34.5 Å².